The Labute approximate surface area is 139 Å². The molecule has 0 bridgehead atoms. The summed E-state index contributed by atoms with van der Waals surface area (Å²) in [5.41, 5.74) is 0. The number of carbonyl (C=O) groups excluding carboxylic acids is 2. The largest absolute Gasteiger partial charge is 0.354 e. The zero-order chi connectivity index (χ0) is 14.9. The number of nitrogens with one attached hydrogen (secondary N) is 3. The van der Waals surface area contributed by atoms with Gasteiger partial charge >= 0.3 is 0 Å². The molecule has 2 aliphatic carbocycles. The molecule has 0 heterocycles. The van der Waals surface area contributed by atoms with Gasteiger partial charge in [-0.1, -0.05) is 19.3 Å². The predicted octanol–water partition coefficient (Wildman–Crippen LogP) is 1.61. The zero-order valence-electron chi connectivity index (χ0n) is 13.4. The summed E-state index contributed by atoms with van der Waals surface area (Å²) in [6, 6.07) is 0. The van der Waals surface area contributed by atoms with Crippen LogP contribution in [0.15, 0.2) is 0 Å². The molecule has 2 fully saturated rings. The minimum atomic E-state index is 0. The summed E-state index contributed by atoms with van der Waals surface area (Å²) >= 11 is 0. The van der Waals surface area contributed by atoms with Crippen molar-refractivity contribution in [2.45, 2.75) is 51.4 Å². The first-order valence-corrected chi connectivity index (χ1v) is 8.48. The Balaban J connectivity index is 0.00000242. The Hall–Kier alpha value is -0.810. The van der Waals surface area contributed by atoms with Crippen molar-refractivity contribution in [2.24, 2.45) is 11.8 Å². The number of amides is 2. The third kappa shape index (κ3) is 8.59. The fourth-order valence-electron chi connectivity index (χ4n) is 2.90. The summed E-state index contributed by atoms with van der Waals surface area (Å²) in [5.74, 6) is 1.50. The van der Waals surface area contributed by atoms with Gasteiger partial charge in [0.1, 0.15) is 0 Å². The van der Waals surface area contributed by atoms with Gasteiger partial charge in [0.2, 0.25) is 11.8 Å². The molecule has 0 aromatic rings. The molecule has 0 aromatic heterocycles. The van der Waals surface area contributed by atoms with Gasteiger partial charge in [0.25, 0.3) is 0 Å². The van der Waals surface area contributed by atoms with Crippen LogP contribution in [0, 0.1) is 11.8 Å². The Morgan fingerprint density at radius 3 is 2.09 bits per heavy atom. The molecule has 6 heteroatoms. The molecule has 0 spiro atoms. The molecule has 128 valence electrons. The summed E-state index contributed by atoms with van der Waals surface area (Å²) in [6.07, 6.45) is 9.47. The van der Waals surface area contributed by atoms with Gasteiger partial charge in [0.15, 0.2) is 0 Å². The lowest BCUT2D eigenvalue weighted by molar-refractivity contribution is -0.123. The van der Waals surface area contributed by atoms with E-state index in [0.717, 1.165) is 12.5 Å². The average molecular weight is 332 g/mol. The van der Waals surface area contributed by atoms with Crippen molar-refractivity contribution in [2.75, 3.05) is 26.2 Å². The smallest absolute Gasteiger partial charge is 0.234 e. The highest BCUT2D eigenvalue weighted by molar-refractivity contribution is 5.85. The van der Waals surface area contributed by atoms with Crippen molar-refractivity contribution in [1.82, 2.24) is 16.0 Å². The highest BCUT2D eigenvalue weighted by atomic mass is 35.5. The first kappa shape index (κ1) is 19.2. The third-order valence-electron chi connectivity index (χ3n) is 4.38. The van der Waals surface area contributed by atoms with Crippen LogP contribution in [0.3, 0.4) is 0 Å². The van der Waals surface area contributed by atoms with Crippen LogP contribution in [-0.2, 0) is 9.59 Å². The maximum Gasteiger partial charge on any atom is 0.234 e. The van der Waals surface area contributed by atoms with Crippen LogP contribution in [-0.4, -0.2) is 38.0 Å². The number of hydrogen-bond acceptors (Lipinski definition) is 3. The van der Waals surface area contributed by atoms with Crippen molar-refractivity contribution in [1.29, 1.82) is 0 Å². The molecule has 0 unspecified atom stereocenters. The van der Waals surface area contributed by atoms with E-state index >= 15 is 0 Å². The van der Waals surface area contributed by atoms with Crippen LogP contribution in [0.25, 0.3) is 0 Å². The minimum Gasteiger partial charge on any atom is -0.354 e. The molecule has 3 N–H and O–H groups in total. The fraction of sp³-hybridized carbons (Fsp3) is 0.875. The van der Waals surface area contributed by atoms with Crippen LogP contribution in [0.2, 0.25) is 0 Å². The second-order valence-electron chi connectivity index (χ2n) is 6.48. The molecule has 0 aromatic carbocycles. The van der Waals surface area contributed by atoms with E-state index in [2.05, 4.69) is 16.0 Å². The van der Waals surface area contributed by atoms with Crippen LogP contribution >= 0.6 is 12.4 Å². The standard InChI is InChI=1S/C16H29N3O2.ClH/c20-15(10-13-4-2-1-3-5-13)18-8-9-19-16(21)12-17-11-14-6-7-14;/h13-14,17H,1-12H2,(H,18,20)(H,19,21);1H. The minimum absolute atomic E-state index is 0. The zero-order valence-corrected chi connectivity index (χ0v) is 14.2. The Morgan fingerprint density at radius 1 is 0.818 bits per heavy atom. The van der Waals surface area contributed by atoms with Crippen molar-refractivity contribution >= 4 is 24.2 Å². The maximum absolute atomic E-state index is 11.8. The van der Waals surface area contributed by atoms with E-state index in [1.54, 1.807) is 0 Å². The molecule has 5 nitrogen and oxygen atoms in total. The molecule has 22 heavy (non-hydrogen) atoms. The summed E-state index contributed by atoms with van der Waals surface area (Å²) in [5, 5.41) is 8.87. The molecule has 2 amide bonds. The van der Waals surface area contributed by atoms with Crippen LogP contribution < -0.4 is 16.0 Å². The van der Waals surface area contributed by atoms with Gasteiger partial charge in [-0.3, -0.25) is 9.59 Å². The van der Waals surface area contributed by atoms with Gasteiger partial charge in [-0.05, 0) is 44.1 Å². The predicted molar refractivity (Wildman–Crippen MR) is 90.1 cm³/mol. The first-order chi connectivity index (χ1) is 10.2. The molecule has 0 aliphatic heterocycles. The second kappa shape index (κ2) is 10.8. The van der Waals surface area contributed by atoms with Crippen LogP contribution in [0.1, 0.15) is 51.4 Å². The molecular weight excluding hydrogens is 302 g/mol. The summed E-state index contributed by atoms with van der Waals surface area (Å²) in [4.78, 5) is 23.3. The fourth-order valence-corrected chi connectivity index (χ4v) is 2.90. The SMILES string of the molecule is Cl.O=C(CNCC1CC1)NCCNC(=O)CC1CCCCC1. The van der Waals surface area contributed by atoms with Crippen molar-refractivity contribution in [3.05, 3.63) is 0 Å². The van der Waals surface area contributed by atoms with Gasteiger partial charge in [-0.25, -0.2) is 0 Å². The van der Waals surface area contributed by atoms with Crippen molar-refractivity contribution < 1.29 is 9.59 Å². The number of carbonyl (C=O) groups is 2. The number of rotatable bonds is 9. The highest BCUT2D eigenvalue weighted by Crippen LogP contribution is 2.27. The molecule has 2 rings (SSSR count). The van der Waals surface area contributed by atoms with E-state index in [1.807, 2.05) is 0 Å². The second-order valence-corrected chi connectivity index (χ2v) is 6.48. The topological polar surface area (TPSA) is 70.2 Å². The van der Waals surface area contributed by atoms with Gasteiger partial charge in [0.05, 0.1) is 6.54 Å². The normalized spacial score (nSPS) is 18.4. The first-order valence-electron chi connectivity index (χ1n) is 8.48. The quantitative estimate of drug-likeness (QED) is 0.562. The van der Waals surface area contributed by atoms with Gasteiger partial charge in [-0.15, -0.1) is 12.4 Å². The Bertz CT molecular complexity index is 342. The van der Waals surface area contributed by atoms with Crippen molar-refractivity contribution in [3.8, 4) is 0 Å². The summed E-state index contributed by atoms with van der Waals surface area (Å²) in [7, 11) is 0. The van der Waals surface area contributed by atoms with E-state index in [0.29, 0.717) is 32.0 Å². The van der Waals surface area contributed by atoms with Crippen molar-refractivity contribution in [3.63, 3.8) is 0 Å². The third-order valence-corrected chi connectivity index (χ3v) is 4.38. The monoisotopic (exact) mass is 331 g/mol. The molecule has 2 aliphatic rings. The lowest BCUT2D eigenvalue weighted by atomic mass is 9.87. The average Bonchev–Trinajstić information content (AvgIpc) is 3.29. The number of hydrogen-bond donors (Lipinski definition) is 3. The van der Waals surface area contributed by atoms with E-state index in [9.17, 15) is 9.59 Å². The lowest BCUT2D eigenvalue weighted by Gasteiger charge is -2.20. The van der Waals surface area contributed by atoms with Gasteiger partial charge in [-0.2, -0.15) is 0 Å². The molecule has 2 saturated carbocycles. The molecule has 0 saturated heterocycles. The highest BCUT2D eigenvalue weighted by Gasteiger charge is 2.20. The summed E-state index contributed by atoms with van der Waals surface area (Å²) in [6.45, 7) is 2.37. The Kier molecular flexibility index (Phi) is 9.48. The molecule has 0 radical (unpaired) electrons. The molecular formula is C16H30ClN3O2. The van der Waals surface area contributed by atoms with E-state index in [4.69, 9.17) is 0 Å². The van der Waals surface area contributed by atoms with E-state index in [-0.39, 0.29) is 24.2 Å². The lowest BCUT2D eigenvalue weighted by Crippen LogP contribution is -2.39. The molecule has 0 atom stereocenters. The van der Waals surface area contributed by atoms with Gasteiger partial charge in [0, 0.05) is 19.5 Å². The Morgan fingerprint density at radius 2 is 1.45 bits per heavy atom. The van der Waals surface area contributed by atoms with E-state index in [1.165, 1.54) is 44.9 Å². The maximum atomic E-state index is 11.8. The summed E-state index contributed by atoms with van der Waals surface area (Å²) < 4.78 is 0. The van der Waals surface area contributed by atoms with Gasteiger partial charge < -0.3 is 16.0 Å². The van der Waals surface area contributed by atoms with E-state index < -0.39 is 0 Å². The van der Waals surface area contributed by atoms with Crippen LogP contribution in [0.5, 0.6) is 0 Å². The number of halogens is 1. The van der Waals surface area contributed by atoms with Crippen LogP contribution in [0.4, 0.5) is 0 Å².